The van der Waals surface area contributed by atoms with Gasteiger partial charge in [-0.2, -0.15) is 0 Å². The molecule has 0 saturated carbocycles. The summed E-state index contributed by atoms with van der Waals surface area (Å²) in [6, 6.07) is 0. The third-order valence-corrected chi connectivity index (χ3v) is 4.81. The van der Waals surface area contributed by atoms with Crippen LogP contribution < -0.4 is 0 Å². The number of likely N-dealkylation sites (N-methyl/N-ethyl adjacent to an activating group) is 1. The second-order valence-corrected chi connectivity index (χ2v) is 6.96. The topological polar surface area (TPSA) is 6.48 Å². The van der Waals surface area contributed by atoms with Gasteiger partial charge in [-0.05, 0) is 49.7 Å². The molecule has 1 atom stereocenters. The molecule has 0 amide bonds. The number of unbranched alkanes of at least 4 members (excludes halogenated alkanes) is 1. The number of allylic oxidation sites excluding steroid dienone is 4. The molecule has 128 valence electrons. The summed E-state index contributed by atoms with van der Waals surface area (Å²) in [6.07, 6.45) is 20.2. The molecule has 0 bridgehead atoms. The van der Waals surface area contributed by atoms with Gasteiger partial charge in [-0.1, -0.05) is 44.6 Å². The summed E-state index contributed by atoms with van der Waals surface area (Å²) >= 11 is 0. The van der Waals surface area contributed by atoms with Gasteiger partial charge in [-0.3, -0.25) is 0 Å². The molecule has 0 aromatic heterocycles. The van der Waals surface area contributed by atoms with Gasteiger partial charge in [-0.25, -0.2) is 0 Å². The Kier molecular flexibility index (Phi) is 7.51. The number of nitrogens with zero attached hydrogens (tertiary/aromatic N) is 2. The largest absolute Gasteiger partial charge is 0.374 e. The van der Waals surface area contributed by atoms with Gasteiger partial charge in [0.25, 0.3) is 0 Å². The van der Waals surface area contributed by atoms with Gasteiger partial charge in [0.05, 0.1) is 0 Å². The SMILES string of the molecule is CCC1=CN(CC(C)CCCCC2=CN(CC)CC=C2)CC=C1. The predicted molar refractivity (Wildman–Crippen MR) is 101 cm³/mol. The van der Waals surface area contributed by atoms with Gasteiger partial charge >= 0.3 is 0 Å². The highest BCUT2D eigenvalue weighted by molar-refractivity contribution is 5.22. The van der Waals surface area contributed by atoms with Gasteiger partial charge < -0.3 is 9.80 Å². The molecule has 23 heavy (non-hydrogen) atoms. The summed E-state index contributed by atoms with van der Waals surface area (Å²) in [6.45, 7) is 11.3. The summed E-state index contributed by atoms with van der Waals surface area (Å²) in [5.74, 6) is 0.777. The minimum Gasteiger partial charge on any atom is -0.374 e. The van der Waals surface area contributed by atoms with Gasteiger partial charge in [0, 0.05) is 38.6 Å². The lowest BCUT2D eigenvalue weighted by Gasteiger charge is -2.26. The van der Waals surface area contributed by atoms with E-state index in [1.54, 1.807) is 0 Å². The van der Waals surface area contributed by atoms with E-state index in [4.69, 9.17) is 0 Å². The average Bonchev–Trinajstić information content (AvgIpc) is 2.59. The Bertz CT molecular complexity index is 470. The van der Waals surface area contributed by atoms with Crippen LogP contribution in [0.15, 0.2) is 47.9 Å². The van der Waals surface area contributed by atoms with Crippen molar-refractivity contribution in [1.82, 2.24) is 9.80 Å². The first-order valence-corrected chi connectivity index (χ1v) is 9.43. The molecule has 0 spiro atoms. The number of hydrogen-bond acceptors (Lipinski definition) is 2. The summed E-state index contributed by atoms with van der Waals surface area (Å²) in [4.78, 5) is 4.87. The number of hydrogen-bond donors (Lipinski definition) is 0. The predicted octanol–water partition coefficient (Wildman–Crippen LogP) is 5.12. The summed E-state index contributed by atoms with van der Waals surface area (Å²) < 4.78 is 0. The summed E-state index contributed by atoms with van der Waals surface area (Å²) in [5.41, 5.74) is 2.96. The molecule has 0 aromatic carbocycles. The van der Waals surface area contributed by atoms with Crippen molar-refractivity contribution in [3.63, 3.8) is 0 Å². The van der Waals surface area contributed by atoms with E-state index >= 15 is 0 Å². The van der Waals surface area contributed by atoms with Gasteiger partial charge in [-0.15, -0.1) is 0 Å². The van der Waals surface area contributed by atoms with E-state index in [9.17, 15) is 0 Å². The first-order chi connectivity index (χ1) is 11.2. The zero-order valence-corrected chi connectivity index (χ0v) is 15.3. The van der Waals surface area contributed by atoms with Crippen LogP contribution in [0.1, 0.15) is 52.9 Å². The normalized spacial score (nSPS) is 18.9. The van der Waals surface area contributed by atoms with Crippen molar-refractivity contribution in [3.8, 4) is 0 Å². The Morgan fingerprint density at radius 3 is 2.39 bits per heavy atom. The van der Waals surface area contributed by atoms with Crippen LogP contribution in [0.2, 0.25) is 0 Å². The van der Waals surface area contributed by atoms with Gasteiger partial charge in [0.1, 0.15) is 0 Å². The molecule has 0 aliphatic carbocycles. The molecule has 0 fully saturated rings. The van der Waals surface area contributed by atoms with E-state index in [-0.39, 0.29) is 0 Å². The van der Waals surface area contributed by atoms with Crippen LogP contribution >= 0.6 is 0 Å². The smallest absolute Gasteiger partial charge is 0.0357 e. The highest BCUT2D eigenvalue weighted by atomic mass is 15.1. The van der Waals surface area contributed by atoms with Crippen molar-refractivity contribution in [3.05, 3.63) is 47.9 Å². The standard InChI is InChI=1S/C21H34N2/c1-4-20-12-8-15-23(17-20)16-19(3)10-6-7-11-21-13-9-14-22(5-2)18-21/h8-9,12-13,17-19H,4-7,10-11,14-16H2,1-3H3. The highest BCUT2D eigenvalue weighted by Gasteiger charge is 2.10. The van der Waals surface area contributed by atoms with E-state index in [1.165, 1.54) is 43.4 Å². The van der Waals surface area contributed by atoms with E-state index in [0.717, 1.165) is 32.0 Å². The van der Waals surface area contributed by atoms with Crippen molar-refractivity contribution >= 4 is 0 Å². The van der Waals surface area contributed by atoms with Crippen molar-refractivity contribution in [2.45, 2.75) is 52.9 Å². The van der Waals surface area contributed by atoms with Crippen molar-refractivity contribution in [2.24, 2.45) is 5.92 Å². The zero-order valence-electron chi connectivity index (χ0n) is 15.3. The molecule has 2 aliphatic heterocycles. The van der Waals surface area contributed by atoms with E-state index < -0.39 is 0 Å². The van der Waals surface area contributed by atoms with Crippen LogP contribution in [0.3, 0.4) is 0 Å². The van der Waals surface area contributed by atoms with Crippen LogP contribution in [0.5, 0.6) is 0 Å². The van der Waals surface area contributed by atoms with Crippen molar-refractivity contribution in [2.75, 3.05) is 26.2 Å². The summed E-state index contributed by atoms with van der Waals surface area (Å²) in [7, 11) is 0. The Labute approximate surface area is 143 Å². The van der Waals surface area contributed by atoms with E-state index in [0.29, 0.717) is 0 Å². The molecular weight excluding hydrogens is 280 g/mol. The molecule has 2 rings (SSSR count). The van der Waals surface area contributed by atoms with E-state index in [2.05, 4.69) is 67.3 Å². The molecule has 0 radical (unpaired) electrons. The molecule has 2 heteroatoms. The maximum Gasteiger partial charge on any atom is 0.0357 e. The molecule has 2 aliphatic rings. The lowest BCUT2D eigenvalue weighted by molar-refractivity contribution is 0.323. The van der Waals surface area contributed by atoms with Crippen LogP contribution in [0.4, 0.5) is 0 Å². The molecule has 2 heterocycles. The molecule has 1 unspecified atom stereocenters. The lowest BCUT2D eigenvalue weighted by Crippen LogP contribution is -2.25. The Balaban J connectivity index is 1.63. The van der Waals surface area contributed by atoms with E-state index in [1.807, 2.05) is 0 Å². The Morgan fingerprint density at radius 2 is 1.65 bits per heavy atom. The van der Waals surface area contributed by atoms with Crippen LogP contribution in [0.25, 0.3) is 0 Å². The van der Waals surface area contributed by atoms with Gasteiger partial charge in [0.2, 0.25) is 0 Å². The molecule has 0 saturated heterocycles. The fourth-order valence-corrected chi connectivity index (χ4v) is 3.36. The fraction of sp³-hybridized carbons (Fsp3) is 0.619. The zero-order chi connectivity index (χ0) is 16.5. The van der Waals surface area contributed by atoms with Crippen molar-refractivity contribution < 1.29 is 0 Å². The average molecular weight is 315 g/mol. The maximum atomic E-state index is 2.48. The Hall–Kier alpha value is -1.44. The molecule has 0 aromatic rings. The first-order valence-electron chi connectivity index (χ1n) is 9.43. The molecular formula is C21H34N2. The number of rotatable bonds is 9. The monoisotopic (exact) mass is 314 g/mol. The third-order valence-electron chi connectivity index (χ3n) is 4.81. The van der Waals surface area contributed by atoms with Gasteiger partial charge in [0.15, 0.2) is 0 Å². The highest BCUT2D eigenvalue weighted by Crippen LogP contribution is 2.19. The van der Waals surface area contributed by atoms with Crippen LogP contribution in [-0.2, 0) is 0 Å². The second kappa shape index (κ2) is 9.64. The maximum absolute atomic E-state index is 2.48. The minimum absolute atomic E-state index is 0.777. The second-order valence-electron chi connectivity index (χ2n) is 6.96. The first kappa shape index (κ1) is 17.9. The van der Waals surface area contributed by atoms with Crippen LogP contribution in [0, 0.1) is 5.92 Å². The quantitative estimate of drug-likeness (QED) is 0.545. The van der Waals surface area contributed by atoms with Crippen molar-refractivity contribution in [1.29, 1.82) is 0 Å². The lowest BCUT2D eigenvalue weighted by atomic mass is 9.99. The summed E-state index contributed by atoms with van der Waals surface area (Å²) in [5, 5.41) is 0. The molecule has 2 nitrogen and oxygen atoms in total. The Morgan fingerprint density at radius 1 is 0.957 bits per heavy atom. The fourth-order valence-electron chi connectivity index (χ4n) is 3.36. The minimum atomic E-state index is 0.777. The molecule has 0 N–H and O–H groups in total. The van der Waals surface area contributed by atoms with Crippen LogP contribution in [-0.4, -0.2) is 36.0 Å². The third kappa shape index (κ3) is 6.29.